The van der Waals surface area contributed by atoms with Gasteiger partial charge in [-0.1, -0.05) is 18.2 Å². The molecule has 1 amide bonds. The maximum absolute atomic E-state index is 12.9. The molecule has 0 spiro atoms. The van der Waals surface area contributed by atoms with Gasteiger partial charge in [0, 0.05) is 10.9 Å². The van der Waals surface area contributed by atoms with Crippen LogP contribution in [0.3, 0.4) is 0 Å². The molecule has 0 aliphatic heterocycles. The second-order valence-electron chi connectivity index (χ2n) is 6.70. The minimum atomic E-state index is -4.45. The van der Waals surface area contributed by atoms with Crippen LogP contribution in [0.25, 0.3) is 21.6 Å². The monoisotopic (exact) mass is 432 g/mol. The number of carbonyl (C=O) groups is 1. The number of aromatic amines is 2. The molecule has 0 radical (unpaired) electrons. The van der Waals surface area contributed by atoms with Gasteiger partial charge < -0.3 is 15.3 Å². The molecule has 0 saturated carbocycles. The molecule has 1 unspecified atom stereocenters. The summed E-state index contributed by atoms with van der Waals surface area (Å²) in [6.07, 6.45) is -4.45. The number of H-pyrrole nitrogens is 2. The summed E-state index contributed by atoms with van der Waals surface area (Å²) in [7, 11) is 0. The van der Waals surface area contributed by atoms with Gasteiger partial charge in [-0.2, -0.15) is 13.2 Å². The number of benzene rings is 2. The summed E-state index contributed by atoms with van der Waals surface area (Å²) in [4.78, 5) is 33.4. The maximum Gasteiger partial charge on any atom is 0.416 e. The summed E-state index contributed by atoms with van der Waals surface area (Å²) in [5.41, 5.74) is 1.39. The lowest BCUT2D eigenvalue weighted by Gasteiger charge is -2.13. The number of imidazole rings is 1. The van der Waals surface area contributed by atoms with Gasteiger partial charge in [0.05, 0.1) is 22.6 Å². The van der Waals surface area contributed by atoms with Crippen LogP contribution in [0.4, 0.5) is 13.2 Å². The van der Waals surface area contributed by atoms with E-state index < -0.39 is 17.6 Å². The Morgan fingerprint density at radius 2 is 1.90 bits per heavy atom. The summed E-state index contributed by atoms with van der Waals surface area (Å²) in [6.45, 7) is 1.78. The summed E-state index contributed by atoms with van der Waals surface area (Å²) >= 11 is 1.09. The first-order valence-corrected chi connectivity index (χ1v) is 9.74. The number of hydrogen-bond donors (Lipinski definition) is 3. The molecule has 4 rings (SSSR count). The summed E-state index contributed by atoms with van der Waals surface area (Å²) in [5.74, 6) is -0.445. The van der Waals surface area contributed by atoms with E-state index in [1.165, 1.54) is 17.5 Å². The average Bonchev–Trinajstić information content (AvgIpc) is 3.32. The third-order valence-corrected chi connectivity index (χ3v) is 5.45. The van der Waals surface area contributed by atoms with Crippen LogP contribution in [0.2, 0.25) is 0 Å². The van der Waals surface area contributed by atoms with Crippen molar-refractivity contribution in [3.05, 3.63) is 75.1 Å². The van der Waals surface area contributed by atoms with E-state index in [9.17, 15) is 22.8 Å². The van der Waals surface area contributed by atoms with E-state index in [-0.39, 0.29) is 17.4 Å². The van der Waals surface area contributed by atoms with Crippen LogP contribution in [-0.2, 0) is 6.18 Å². The summed E-state index contributed by atoms with van der Waals surface area (Å²) < 4.78 is 38.8. The first-order chi connectivity index (χ1) is 14.2. The highest BCUT2D eigenvalue weighted by Crippen LogP contribution is 2.33. The molecule has 3 N–H and O–H groups in total. The van der Waals surface area contributed by atoms with Crippen molar-refractivity contribution in [3.8, 4) is 10.6 Å². The van der Waals surface area contributed by atoms with Crippen LogP contribution in [0.1, 0.15) is 34.6 Å². The minimum Gasteiger partial charge on any atom is -0.344 e. The first-order valence-electron chi connectivity index (χ1n) is 8.87. The first kappa shape index (κ1) is 19.9. The quantitative estimate of drug-likeness (QED) is 0.444. The third-order valence-electron chi connectivity index (χ3n) is 4.56. The molecule has 2 aromatic heterocycles. The highest BCUT2D eigenvalue weighted by molar-refractivity contribution is 7.13. The maximum atomic E-state index is 12.9. The number of amides is 1. The number of hydrogen-bond acceptors (Lipinski definition) is 4. The van der Waals surface area contributed by atoms with Gasteiger partial charge >= 0.3 is 11.9 Å². The predicted molar refractivity (Wildman–Crippen MR) is 107 cm³/mol. The Morgan fingerprint density at radius 3 is 2.67 bits per heavy atom. The van der Waals surface area contributed by atoms with Crippen LogP contribution < -0.4 is 11.0 Å². The summed E-state index contributed by atoms with van der Waals surface area (Å²) in [5, 5.41) is 4.64. The van der Waals surface area contributed by atoms with Gasteiger partial charge in [0.15, 0.2) is 0 Å². The van der Waals surface area contributed by atoms with Crippen LogP contribution >= 0.6 is 11.3 Å². The third kappa shape index (κ3) is 3.99. The van der Waals surface area contributed by atoms with Crippen molar-refractivity contribution in [1.29, 1.82) is 0 Å². The van der Waals surface area contributed by atoms with Crippen LogP contribution in [0.15, 0.2) is 52.6 Å². The fraction of sp³-hybridized carbons (Fsp3) is 0.150. The van der Waals surface area contributed by atoms with E-state index >= 15 is 0 Å². The predicted octanol–water partition coefficient (Wildman–Crippen LogP) is 4.49. The molecule has 0 fully saturated rings. The number of alkyl halides is 3. The Balaban J connectivity index is 1.51. The number of fused-ring (bicyclic) bond motifs is 1. The van der Waals surface area contributed by atoms with E-state index in [1.807, 2.05) is 0 Å². The number of halogens is 3. The Hall–Kier alpha value is -3.40. The van der Waals surface area contributed by atoms with Gasteiger partial charge in [0.25, 0.3) is 5.91 Å². The normalized spacial score (nSPS) is 12.8. The van der Waals surface area contributed by atoms with Crippen molar-refractivity contribution in [3.63, 3.8) is 0 Å². The standard InChI is InChI=1S/C20H15F3N4O2S/c1-10(11-5-6-14-15(8-11)27-19(29)26-14)24-17(28)16-9-30-18(25-16)12-3-2-4-13(7-12)20(21,22)23/h2-10H,1H3,(H,24,28)(H2,26,27,29). The molecule has 6 nitrogen and oxygen atoms in total. The van der Waals surface area contributed by atoms with Crippen molar-refractivity contribution in [2.24, 2.45) is 0 Å². The molecule has 10 heteroatoms. The van der Waals surface area contributed by atoms with Gasteiger partial charge in [0.2, 0.25) is 0 Å². The fourth-order valence-corrected chi connectivity index (χ4v) is 3.81. The Morgan fingerprint density at radius 1 is 1.13 bits per heavy atom. The Kier molecular flexibility index (Phi) is 4.94. The number of rotatable bonds is 4. The van der Waals surface area contributed by atoms with Gasteiger partial charge in [0.1, 0.15) is 10.7 Å². The van der Waals surface area contributed by atoms with Gasteiger partial charge in [-0.3, -0.25) is 4.79 Å². The summed E-state index contributed by atoms with van der Waals surface area (Å²) in [6, 6.07) is 9.73. The molecule has 0 bridgehead atoms. The smallest absolute Gasteiger partial charge is 0.344 e. The van der Waals surface area contributed by atoms with E-state index in [0.29, 0.717) is 21.6 Å². The topological polar surface area (TPSA) is 90.6 Å². The fourth-order valence-electron chi connectivity index (χ4n) is 3.01. The zero-order valence-corrected chi connectivity index (χ0v) is 16.3. The molecular formula is C20H15F3N4O2S. The molecule has 0 aliphatic rings. The van der Waals surface area contributed by atoms with Crippen molar-refractivity contribution >= 4 is 28.3 Å². The van der Waals surface area contributed by atoms with Crippen LogP contribution in [0, 0.1) is 0 Å². The van der Waals surface area contributed by atoms with E-state index in [1.54, 1.807) is 25.1 Å². The molecule has 0 aliphatic carbocycles. The highest BCUT2D eigenvalue weighted by atomic mass is 32.1. The molecule has 154 valence electrons. The van der Waals surface area contributed by atoms with Crippen LogP contribution in [0.5, 0.6) is 0 Å². The lowest BCUT2D eigenvalue weighted by atomic mass is 10.1. The SMILES string of the molecule is CC(NC(=O)c1csc(-c2cccc(C(F)(F)F)c2)n1)c1ccc2[nH]c(=O)[nH]c2c1. The molecule has 4 aromatic rings. The van der Waals surface area contributed by atoms with Crippen molar-refractivity contribution < 1.29 is 18.0 Å². The van der Waals surface area contributed by atoms with E-state index in [2.05, 4.69) is 20.3 Å². The van der Waals surface area contributed by atoms with Crippen LogP contribution in [-0.4, -0.2) is 20.9 Å². The number of nitrogens with zero attached hydrogens (tertiary/aromatic N) is 1. The Bertz CT molecular complexity index is 1290. The number of aromatic nitrogens is 3. The van der Waals surface area contributed by atoms with Crippen molar-refractivity contribution in [2.45, 2.75) is 19.1 Å². The largest absolute Gasteiger partial charge is 0.416 e. The zero-order valence-electron chi connectivity index (χ0n) is 15.5. The molecule has 0 saturated heterocycles. The van der Waals surface area contributed by atoms with Gasteiger partial charge in [-0.15, -0.1) is 11.3 Å². The minimum absolute atomic E-state index is 0.121. The number of thiazole rings is 1. The highest BCUT2D eigenvalue weighted by Gasteiger charge is 2.30. The number of nitrogens with one attached hydrogen (secondary N) is 3. The van der Waals surface area contributed by atoms with E-state index in [0.717, 1.165) is 29.0 Å². The average molecular weight is 432 g/mol. The Labute approximate surface area is 171 Å². The second-order valence-corrected chi connectivity index (χ2v) is 7.55. The number of carbonyl (C=O) groups excluding carboxylic acids is 1. The molecule has 2 heterocycles. The van der Waals surface area contributed by atoms with E-state index in [4.69, 9.17) is 0 Å². The van der Waals surface area contributed by atoms with Crippen molar-refractivity contribution in [1.82, 2.24) is 20.3 Å². The van der Waals surface area contributed by atoms with Gasteiger partial charge in [-0.25, -0.2) is 9.78 Å². The zero-order chi connectivity index (χ0) is 21.5. The molecule has 30 heavy (non-hydrogen) atoms. The van der Waals surface area contributed by atoms with Gasteiger partial charge in [-0.05, 0) is 36.8 Å². The van der Waals surface area contributed by atoms with Crippen molar-refractivity contribution in [2.75, 3.05) is 0 Å². The lowest BCUT2D eigenvalue weighted by molar-refractivity contribution is -0.137. The lowest BCUT2D eigenvalue weighted by Crippen LogP contribution is -2.26. The molecule has 2 aromatic carbocycles. The molecular weight excluding hydrogens is 417 g/mol. The second kappa shape index (κ2) is 7.45. The molecule has 1 atom stereocenters.